The van der Waals surface area contributed by atoms with Crippen molar-refractivity contribution in [1.29, 1.82) is 0 Å². The topological polar surface area (TPSA) is 55.5 Å². The zero-order valence-corrected chi connectivity index (χ0v) is 8.94. The second-order valence-corrected chi connectivity index (χ2v) is 4.14. The van der Waals surface area contributed by atoms with Crippen LogP contribution in [0.1, 0.15) is 12.0 Å². The van der Waals surface area contributed by atoms with Gasteiger partial charge >= 0.3 is 0 Å². The van der Waals surface area contributed by atoms with Gasteiger partial charge in [0.25, 0.3) is 0 Å². The lowest BCUT2D eigenvalue weighted by atomic mass is 9.92. The lowest BCUT2D eigenvalue weighted by molar-refractivity contribution is 0.263. The third-order valence-corrected chi connectivity index (χ3v) is 3.46. The number of aliphatic hydroxyl groups excluding tert-OH is 1. The molecule has 1 fully saturated rings. The first-order valence-corrected chi connectivity index (χ1v) is 5.23. The van der Waals surface area contributed by atoms with Crippen molar-refractivity contribution in [2.45, 2.75) is 11.8 Å². The molecular formula is C12H17NO2. The predicted octanol–water partition coefficient (Wildman–Crippen LogP) is 0.904. The average molecular weight is 207 g/mol. The molecule has 2 unspecified atom stereocenters. The van der Waals surface area contributed by atoms with Crippen molar-refractivity contribution in [1.82, 2.24) is 0 Å². The summed E-state index contributed by atoms with van der Waals surface area (Å²) < 4.78 is 5.33. The molecule has 0 saturated heterocycles. The number of benzene rings is 1. The molecule has 0 spiro atoms. The van der Waals surface area contributed by atoms with Gasteiger partial charge in [-0.25, -0.2) is 0 Å². The first-order chi connectivity index (χ1) is 7.28. The molecule has 0 aliphatic heterocycles. The van der Waals surface area contributed by atoms with Crippen LogP contribution in [0.25, 0.3) is 0 Å². The summed E-state index contributed by atoms with van der Waals surface area (Å²) in [6.45, 7) is 0.772. The lowest BCUT2D eigenvalue weighted by Crippen LogP contribution is -2.24. The fourth-order valence-electron chi connectivity index (χ4n) is 2.37. The van der Waals surface area contributed by atoms with Gasteiger partial charge in [-0.1, -0.05) is 18.2 Å². The highest BCUT2D eigenvalue weighted by atomic mass is 16.5. The Bertz CT molecular complexity index is 353. The van der Waals surface area contributed by atoms with Crippen molar-refractivity contribution >= 4 is 0 Å². The van der Waals surface area contributed by atoms with E-state index >= 15 is 0 Å². The molecule has 1 aliphatic rings. The average Bonchev–Trinajstić information content (AvgIpc) is 3.04. The molecule has 15 heavy (non-hydrogen) atoms. The molecule has 0 radical (unpaired) electrons. The van der Waals surface area contributed by atoms with Crippen LogP contribution < -0.4 is 10.5 Å². The van der Waals surface area contributed by atoms with Crippen LogP contribution >= 0.6 is 0 Å². The molecule has 82 valence electrons. The van der Waals surface area contributed by atoms with Crippen LogP contribution in [0.5, 0.6) is 5.75 Å². The quantitative estimate of drug-likeness (QED) is 0.771. The van der Waals surface area contributed by atoms with E-state index in [4.69, 9.17) is 10.5 Å². The van der Waals surface area contributed by atoms with Crippen molar-refractivity contribution in [3.63, 3.8) is 0 Å². The highest BCUT2D eigenvalue weighted by Crippen LogP contribution is 2.55. The summed E-state index contributed by atoms with van der Waals surface area (Å²) in [6, 6.07) is 7.92. The lowest BCUT2D eigenvalue weighted by Gasteiger charge is -2.18. The molecule has 1 aliphatic carbocycles. The Labute approximate surface area is 89.9 Å². The largest absolute Gasteiger partial charge is 0.496 e. The van der Waals surface area contributed by atoms with E-state index in [1.54, 1.807) is 7.11 Å². The Morgan fingerprint density at radius 2 is 2.27 bits per heavy atom. The molecule has 3 nitrogen and oxygen atoms in total. The standard InChI is InChI=1S/C12H17NO2/c1-15-11-5-3-2-4-10(11)12(8-13)6-9(12)7-14/h2-5,9,14H,6-8,13H2,1H3. The van der Waals surface area contributed by atoms with Crippen molar-refractivity contribution < 1.29 is 9.84 Å². The second-order valence-electron chi connectivity index (χ2n) is 4.14. The SMILES string of the molecule is COc1ccccc1C1(CN)CC1CO. The molecule has 3 heteroatoms. The number of nitrogens with two attached hydrogens (primary N) is 1. The van der Waals surface area contributed by atoms with E-state index in [0.29, 0.717) is 12.5 Å². The minimum absolute atomic E-state index is 0.0542. The van der Waals surface area contributed by atoms with Crippen LogP contribution in [-0.4, -0.2) is 25.4 Å². The number of hydrogen-bond acceptors (Lipinski definition) is 3. The van der Waals surface area contributed by atoms with Gasteiger partial charge < -0.3 is 15.6 Å². The maximum atomic E-state index is 9.20. The van der Waals surface area contributed by atoms with Gasteiger partial charge in [-0.15, -0.1) is 0 Å². The van der Waals surface area contributed by atoms with Crippen molar-refractivity contribution in [2.75, 3.05) is 20.3 Å². The van der Waals surface area contributed by atoms with E-state index in [1.165, 1.54) is 0 Å². The van der Waals surface area contributed by atoms with Crippen molar-refractivity contribution in [3.05, 3.63) is 29.8 Å². The smallest absolute Gasteiger partial charge is 0.122 e. The number of para-hydroxylation sites is 1. The normalized spacial score (nSPS) is 28.9. The maximum Gasteiger partial charge on any atom is 0.122 e. The van der Waals surface area contributed by atoms with Crippen LogP contribution in [0.15, 0.2) is 24.3 Å². The Kier molecular flexibility index (Phi) is 2.67. The van der Waals surface area contributed by atoms with Gasteiger partial charge in [0.1, 0.15) is 5.75 Å². The molecule has 1 aromatic carbocycles. The van der Waals surface area contributed by atoms with Gasteiger partial charge in [-0.2, -0.15) is 0 Å². The predicted molar refractivity (Wildman–Crippen MR) is 58.9 cm³/mol. The Morgan fingerprint density at radius 1 is 1.53 bits per heavy atom. The third-order valence-electron chi connectivity index (χ3n) is 3.46. The van der Waals surface area contributed by atoms with E-state index in [-0.39, 0.29) is 12.0 Å². The van der Waals surface area contributed by atoms with Gasteiger partial charge in [-0.3, -0.25) is 0 Å². The Morgan fingerprint density at radius 3 is 2.80 bits per heavy atom. The highest BCUT2D eigenvalue weighted by Gasteiger charge is 2.54. The van der Waals surface area contributed by atoms with E-state index in [0.717, 1.165) is 17.7 Å². The fraction of sp³-hybridized carbons (Fsp3) is 0.500. The minimum Gasteiger partial charge on any atom is -0.496 e. The van der Waals surface area contributed by atoms with Crippen LogP contribution in [-0.2, 0) is 5.41 Å². The number of hydrogen-bond donors (Lipinski definition) is 2. The van der Waals surface area contributed by atoms with Crippen LogP contribution in [0, 0.1) is 5.92 Å². The van der Waals surface area contributed by atoms with E-state index in [2.05, 4.69) is 0 Å². The molecule has 1 aromatic rings. The van der Waals surface area contributed by atoms with Crippen LogP contribution in [0.4, 0.5) is 0 Å². The summed E-state index contributed by atoms with van der Waals surface area (Å²) in [7, 11) is 1.67. The molecule has 1 saturated carbocycles. The van der Waals surface area contributed by atoms with Gasteiger partial charge in [0.15, 0.2) is 0 Å². The molecular weight excluding hydrogens is 190 g/mol. The number of rotatable bonds is 4. The fourth-order valence-corrected chi connectivity index (χ4v) is 2.37. The van der Waals surface area contributed by atoms with E-state index in [1.807, 2.05) is 24.3 Å². The summed E-state index contributed by atoms with van der Waals surface area (Å²) in [5.74, 6) is 1.16. The molecule has 0 heterocycles. The molecule has 0 aromatic heterocycles. The van der Waals surface area contributed by atoms with Crippen molar-refractivity contribution in [2.24, 2.45) is 11.7 Å². The van der Waals surface area contributed by atoms with E-state index in [9.17, 15) is 5.11 Å². The zero-order valence-electron chi connectivity index (χ0n) is 8.94. The summed E-state index contributed by atoms with van der Waals surface area (Å²) in [5.41, 5.74) is 6.90. The van der Waals surface area contributed by atoms with Gasteiger partial charge in [-0.05, 0) is 18.4 Å². The monoisotopic (exact) mass is 207 g/mol. The first-order valence-electron chi connectivity index (χ1n) is 5.23. The highest BCUT2D eigenvalue weighted by molar-refractivity contribution is 5.45. The molecule has 3 N–H and O–H groups in total. The number of ether oxygens (including phenoxy) is 1. The molecule has 2 rings (SSSR count). The van der Waals surface area contributed by atoms with Crippen LogP contribution in [0.2, 0.25) is 0 Å². The number of aliphatic hydroxyl groups is 1. The van der Waals surface area contributed by atoms with Gasteiger partial charge in [0.2, 0.25) is 0 Å². The van der Waals surface area contributed by atoms with Gasteiger partial charge in [0, 0.05) is 24.1 Å². The minimum atomic E-state index is -0.0542. The summed E-state index contributed by atoms with van der Waals surface area (Å²) >= 11 is 0. The van der Waals surface area contributed by atoms with Crippen molar-refractivity contribution in [3.8, 4) is 5.75 Å². The zero-order chi connectivity index (χ0) is 10.9. The number of methoxy groups -OCH3 is 1. The maximum absolute atomic E-state index is 9.20. The van der Waals surface area contributed by atoms with Crippen LogP contribution in [0.3, 0.4) is 0 Å². The van der Waals surface area contributed by atoms with E-state index < -0.39 is 0 Å². The second kappa shape index (κ2) is 3.83. The summed E-state index contributed by atoms with van der Waals surface area (Å²) in [6.07, 6.45) is 0.959. The molecule has 0 amide bonds. The Hall–Kier alpha value is -1.06. The first kappa shape index (κ1) is 10.5. The third kappa shape index (κ3) is 1.52. The summed E-state index contributed by atoms with van der Waals surface area (Å²) in [5, 5.41) is 9.20. The molecule has 2 atom stereocenters. The Balaban J connectivity index is 2.36. The van der Waals surface area contributed by atoms with Gasteiger partial charge in [0.05, 0.1) is 7.11 Å². The molecule has 0 bridgehead atoms. The summed E-state index contributed by atoms with van der Waals surface area (Å²) in [4.78, 5) is 0.